The number of carbonyl (C=O) groups excluding carboxylic acids is 2. The van der Waals surface area contributed by atoms with Gasteiger partial charge < -0.3 is 10.1 Å². The van der Waals surface area contributed by atoms with E-state index in [9.17, 15) is 9.59 Å². The van der Waals surface area contributed by atoms with Gasteiger partial charge in [-0.05, 0) is 60.2 Å². The van der Waals surface area contributed by atoms with E-state index >= 15 is 0 Å². The molecule has 0 spiro atoms. The molecule has 7 heteroatoms. The summed E-state index contributed by atoms with van der Waals surface area (Å²) in [5, 5.41) is 2.73. The Kier molecular flexibility index (Phi) is 7.65. The molecule has 0 radical (unpaired) electrons. The zero-order valence-corrected chi connectivity index (χ0v) is 18.7. The molecular formula is C24H32N4O3. The molecule has 0 aliphatic carbocycles. The maximum Gasteiger partial charge on any atom is 0.337 e. The Hall–Kier alpha value is -2.90. The zero-order valence-electron chi connectivity index (χ0n) is 18.7. The molecule has 3 amide bonds. The van der Waals surface area contributed by atoms with Crippen LogP contribution in [0.1, 0.15) is 52.4 Å². The number of hydrazine groups is 1. The number of aryl methyl sites for hydroxylation is 2. The molecule has 0 atom stereocenters. The number of urea groups is 1. The SMILES string of the molecule is Cc1cc(C)c(C(C)C)cc1C(=O)NNC(=O)Nc1ccc(CN2CCOCC2)cc1. The summed E-state index contributed by atoms with van der Waals surface area (Å²) in [5.74, 6) is -0.0231. The Morgan fingerprint density at radius 3 is 2.32 bits per heavy atom. The third kappa shape index (κ3) is 6.29. The third-order valence-electron chi connectivity index (χ3n) is 5.49. The van der Waals surface area contributed by atoms with Crippen LogP contribution in [0.4, 0.5) is 10.5 Å². The maximum absolute atomic E-state index is 12.6. The standard InChI is InChI=1S/C24H32N4O3/c1-16(2)21-14-22(18(4)13-17(21)3)23(29)26-27-24(30)25-20-7-5-19(6-8-20)15-28-9-11-31-12-10-28/h5-8,13-14,16H,9-12,15H2,1-4H3,(H,26,29)(H2,25,27,30). The van der Waals surface area contributed by atoms with Gasteiger partial charge in [0.2, 0.25) is 0 Å². The van der Waals surface area contributed by atoms with Crippen molar-refractivity contribution in [3.63, 3.8) is 0 Å². The molecule has 1 aliphatic heterocycles. The van der Waals surface area contributed by atoms with Crippen LogP contribution in [0.25, 0.3) is 0 Å². The summed E-state index contributed by atoms with van der Waals surface area (Å²) >= 11 is 0. The highest BCUT2D eigenvalue weighted by Gasteiger charge is 2.15. The van der Waals surface area contributed by atoms with Crippen LogP contribution in [0.15, 0.2) is 36.4 Å². The Balaban J connectivity index is 1.52. The minimum absolute atomic E-state index is 0.314. The van der Waals surface area contributed by atoms with E-state index in [0.29, 0.717) is 17.2 Å². The van der Waals surface area contributed by atoms with Gasteiger partial charge in [0, 0.05) is 30.9 Å². The van der Waals surface area contributed by atoms with E-state index in [4.69, 9.17) is 4.74 Å². The molecule has 1 aliphatic rings. The van der Waals surface area contributed by atoms with Gasteiger partial charge in [-0.15, -0.1) is 0 Å². The lowest BCUT2D eigenvalue weighted by atomic mass is 9.93. The summed E-state index contributed by atoms with van der Waals surface area (Å²) in [6.07, 6.45) is 0. The molecule has 1 saturated heterocycles. The fraction of sp³-hybridized carbons (Fsp3) is 0.417. The molecule has 0 bridgehead atoms. The average Bonchev–Trinajstić information content (AvgIpc) is 2.74. The van der Waals surface area contributed by atoms with Gasteiger partial charge in [0.05, 0.1) is 13.2 Å². The number of rotatable bonds is 5. The van der Waals surface area contributed by atoms with Gasteiger partial charge in [0.15, 0.2) is 0 Å². The molecule has 3 N–H and O–H groups in total. The van der Waals surface area contributed by atoms with Crippen LogP contribution < -0.4 is 16.2 Å². The lowest BCUT2D eigenvalue weighted by Gasteiger charge is -2.26. The van der Waals surface area contributed by atoms with Crippen LogP contribution in [0.3, 0.4) is 0 Å². The molecule has 31 heavy (non-hydrogen) atoms. The van der Waals surface area contributed by atoms with E-state index in [1.807, 2.05) is 50.2 Å². The molecule has 2 aromatic carbocycles. The van der Waals surface area contributed by atoms with Crippen molar-refractivity contribution in [1.82, 2.24) is 15.8 Å². The number of amides is 3. The van der Waals surface area contributed by atoms with Crippen LogP contribution in [-0.2, 0) is 11.3 Å². The fourth-order valence-electron chi connectivity index (χ4n) is 3.79. The minimum atomic E-state index is -0.497. The average molecular weight is 425 g/mol. The summed E-state index contributed by atoms with van der Waals surface area (Å²) in [6.45, 7) is 12.4. The monoisotopic (exact) mass is 424 g/mol. The summed E-state index contributed by atoms with van der Waals surface area (Å²) in [7, 11) is 0. The number of anilines is 1. The predicted octanol–water partition coefficient (Wildman–Crippen LogP) is 3.73. The second kappa shape index (κ2) is 10.4. The quantitative estimate of drug-likeness (QED) is 0.639. The molecule has 0 unspecified atom stereocenters. The van der Waals surface area contributed by atoms with Crippen LogP contribution in [0.2, 0.25) is 0 Å². The van der Waals surface area contributed by atoms with Gasteiger partial charge in [0.25, 0.3) is 5.91 Å². The molecule has 1 heterocycles. The van der Waals surface area contributed by atoms with Gasteiger partial charge in [-0.1, -0.05) is 32.0 Å². The normalized spacial score (nSPS) is 14.4. The first kappa shape index (κ1) is 22.8. The van der Waals surface area contributed by atoms with Crippen molar-refractivity contribution in [3.8, 4) is 0 Å². The van der Waals surface area contributed by atoms with Crippen LogP contribution in [0, 0.1) is 13.8 Å². The van der Waals surface area contributed by atoms with Crippen molar-refractivity contribution in [3.05, 3.63) is 64.2 Å². The number of nitrogens with one attached hydrogen (secondary N) is 3. The van der Waals surface area contributed by atoms with Crippen LogP contribution in [-0.4, -0.2) is 43.1 Å². The third-order valence-corrected chi connectivity index (χ3v) is 5.49. The van der Waals surface area contributed by atoms with E-state index in [1.54, 1.807) is 0 Å². The zero-order chi connectivity index (χ0) is 22.4. The smallest absolute Gasteiger partial charge is 0.337 e. The number of nitrogens with zero attached hydrogens (tertiary/aromatic N) is 1. The van der Waals surface area contributed by atoms with Gasteiger partial charge in [-0.2, -0.15) is 0 Å². The minimum Gasteiger partial charge on any atom is -0.379 e. The lowest BCUT2D eigenvalue weighted by molar-refractivity contribution is 0.0342. The second-order valence-electron chi connectivity index (χ2n) is 8.30. The Bertz CT molecular complexity index is 919. The van der Waals surface area contributed by atoms with E-state index in [0.717, 1.165) is 49.5 Å². The number of benzene rings is 2. The topological polar surface area (TPSA) is 82.7 Å². The van der Waals surface area contributed by atoms with Gasteiger partial charge >= 0.3 is 6.03 Å². The number of hydrogen-bond acceptors (Lipinski definition) is 4. The first-order chi connectivity index (χ1) is 14.8. The van der Waals surface area contributed by atoms with E-state index in [2.05, 4.69) is 34.9 Å². The van der Waals surface area contributed by atoms with Gasteiger partial charge in [-0.25, -0.2) is 10.2 Å². The number of hydrogen-bond donors (Lipinski definition) is 3. The van der Waals surface area contributed by atoms with Crippen molar-refractivity contribution in [2.24, 2.45) is 0 Å². The van der Waals surface area contributed by atoms with Crippen molar-refractivity contribution in [2.75, 3.05) is 31.6 Å². The van der Waals surface area contributed by atoms with Gasteiger partial charge in [0.1, 0.15) is 0 Å². The molecule has 166 valence electrons. The largest absolute Gasteiger partial charge is 0.379 e. The molecule has 1 fully saturated rings. The highest BCUT2D eigenvalue weighted by atomic mass is 16.5. The highest BCUT2D eigenvalue weighted by molar-refractivity contribution is 5.98. The Labute approximate surface area is 184 Å². The summed E-state index contributed by atoms with van der Waals surface area (Å²) in [6, 6.07) is 11.1. The maximum atomic E-state index is 12.6. The first-order valence-corrected chi connectivity index (χ1v) is 10.7. The molecule has 7 nitrogen and oxygen atoms in total. The van der Waals surface area contributed by atoms with Crippen LogP contribution in [0.5, 0.6) is 0 Å². The lowest BCUT2D eigenvalue weighted by Crippen LogP contribution is -2.44. The molecule has 3 rings (SSSR count). The van der Waals surface area contributed by atoms with Gasteiger partial charge in [-0.3, -0.25) is 15.1 Å². The highest BCUT2D eigenvalue weighted by Crippen LogP contribution is 2.23. The van der Waals surface area contributed by atoms with Crippen molar-refractivity contribution in [1.29, 1.82) is 0 Å². The van der Waals surface area contributed by atoms with E-state index in [1.165, 1.54) is 5.56 Å². The molecular weight excluding hydrogens is 392 g/mol. The molecule has 2 aromatic rings. The predicted molar refractivity (Wildman–Crippen MR) is 122 cm³/mol. The summed E-state index contributed by atoms with van der Waals surface area (Å²) < 4.78 is 5.37. The fourth-order valence-corrected chi connectivity index (χ4v) is 3.79. The summed E-state index contributed by atoms with van der Waals surface area (Å²) in [5.41, 5.74) is 10.5. The Morgan fingerprint density at radius 1 is 1.00 bits per heavy atom. The molecule has 0 aromatic heterocycles. The summed E-state index contributed by atoms with van der Waals surface area (Å²) in [4.78, 5) is 27.1. The van der Waals surface area contributed by atoms with E-state index in [-0.39, 0.29) is 5.91 Å². The second-order valence-corrected chi connectivity index (χ2v) is 8.30. The number of carbonyl (C=O) groups is 2. The Morgan fingerprint density at radius 2 is 1.68 bits per heavy atom. The molecule has 0 saturated carbocycles. The van der Waals surface area contributed by atoms with Crippen molar-refractivity contribution < 1.29 is 14.3 Å². The number of morpholine rings is 1. The van der Waals surface area contributed by atoms with Crippen molar-refractivity contribution >= 4 is 17.6 Å². The first-order valence-electron chi connectivity index (χ1n) is 10.7. The van der Waals surface area contributed by atoms with E-state index < -0.39 is 6.03 Å². The van der Waals surface area contributed by atoms with Crippen molar-refractivity contribution in [2.45, 2.75) is 40.2 Å². The van der Waals surface area contributed by atoms with Crippen LogP contribution >= 0.6 is 0 Å². The number of ether oxygens (including phenoxy) is 1.